The maximum atomic E-state index is 11.5. The number of nitrogens with two attached hydrogens (primary N) is 1. The van der Waals surface area contributed by atoms with Crippen LogP contribution in [0.15, 0.2) is 6.07 Å². The molecule has 0 atom stereocenters. The molecular weight excluding hydrogens is 244 g/mol. The van der Waals surface area contributed by atoms with Crippen LogP contribution < -0.4 is 11.1 Å². The molecule has 0 aliphatic carbocycles. The minimum atomic E-state index is -0.543. The average molecular weight is 266 g/mol. The van der Waals surface area contributed by atoms with Crippen molar-refractivity contribution in [2.24, 2.45) is 5.73 Å². The number of ether oxygens (including phenoxy) is 1. The molecule has 19 heavy (non-hydrogen) atoms. The lowest BCUT2D eigenvalue weighted by Crippen LogP contribution is -2.44. The molecule has 0 fully saturated rings. The lowest BCUT2D eigenvalue weighted by molar-refractivity contribution is 0.0586. The minimum absolute atomic E-state index is 0.0585. The van der Waals surface area contributed by atoms with Crippen molar-refractivity contribution in [1.82, 2.24) is 9.97 Å². The number of aryl methyl sites for hydroxylation is 1. The lowest BCUT2D eigenvalue weighted by atomic mass is 9.93. The number of methoxy groups -OCH3 is 1. The average Bonchev–Trinajstić information content (AvgIpc) is 2.43. The second-order valence-corrected chi connectivity index (χ2v) is 4.53. The highest BCUT2D eigenvalue weighted by atomic mass is 16.5. The van der Waals surface area contributed by atoms with Crippen molar-refractivity contribution in [2.45, 2.75) is 39.2 Å². The summed E-state index contributed by atoms with van der Waals surface area (Å²) in [5.74, 6) is 0.114. The Hall–Kier alpha value is -1.69. The van der Waals surface area contributed by atoms with Crippen LogP contribution in [-0.4, -0.2) is 35.1 Å². The molecule has 0 spiro atoms. The van der Waals surface area contributed by atoms with Crippen LogP contribution in [0.4, 0.5) is 5.82 Å². The summed E-state index contributed by atoms with van der Waals surface area (Å²) in [6.07, 6.45) is 1.74. The van der Waals surface area contributed by atoms with Crippen LogP contribution in [0.3, 0.4) is 0 Å². The fourth-order valence-electron chi connectivity index (χ4n) is 1.85. The van der Waals surface area contributed by atoms with Gasteiger partial charge in [0.25, 0.3) is 0 Å². The first-order valence-electron chi connectivity index (χ1n) is 6.42. The van der Waals surface area contributed by atoms with Gasteiger partial charge >= 0.3 is 5.97 Å². The minimum Gasteiger partial charge on any atom is -0.463 e. The predicted molar refractivity (Wildman–Crippen MR) is 74.1 cm³/mol. The molecule has 0 saturated carbocycles. The summed E-state index contributed by atoms with van der Waals surface area (Å²) in [5, 5.41) is 3.32. The van der Waals surface area contributed by atoms with E-state index < -0.39 is 5.97 Å². The van der Waals surface area contributed by atoms with Crippen molar-refractivity contribution < 1.29 is 9.53 Å². The molecule has 1 heterocycles. The normalized spacial score (nSPS) is 11.2. The van der Waals surface area contributed by atoms with Crippen molar-refractivity contribution in [2.75, 3.05) is 19.0 Å². The molecule has 3 N–H and O–H groups in total. The zero-order valence-corrected chi connectivity index (χ0v) is 12.0. The Morgan fingerprint density at radius 2 is 2.05 bits per heavy atom. The summed E-state index contributed by atoms with van der Waals surface area (Å²) < 4.78 is 4.64. The van der Waals surface area contributed by atoms with Gasteiger partial charge in [0.2, 0.25) is 5.82 Å². The molecule has 0 aromatic carbocycles. The maximum absolute atomic E-state index is 11.5. The Balaban J connectivity index is 3.07. The summed E-state index contributed by atoms with van der Waals surface area (Å²) in [6.45, 7) is 6.44. The molecule has 0 unspecified atom stereocenters. The first kappa shape index (κ1) is 15.4. The van der Waals surface area contributed by atoms with Crippen molar-refractivity contribution in [3.63, 3.8) is 0 Å². The number of hydrogen-bond acceptors (Lipinski definition) is 6. The Morgan fingerprint density at radius 1 is 1.42 bits per heavy atom. The number of carbonyl (C=O) groups is 1. The predicted octanol–water partition coefficient (Wildman–Crippen LogP) is 1.50. The van der Waals surface area contributed by atoms with Crippen molar-refractivity contribution in [3.05, 3.63) is 17.6 Å². The fourth-order valence-corrected chi connectivity index (χ4v) is 1.85. The third kappa shape index (κ3) is 3.64. The summed E-state index contributed by atoms with van der Waals surface area (Å²) in [5.41, 5.74) is 6.33. The van der Waals surface area contributed by atoms with Gasteiger partial charge in [-0.3, -0.25) is 0 Å². The fraction of sp³-hybridized carbons (Fsp3) is 0.615. The largest absolute Gasteiger partial charge is 0.463 e. The number of rotatable bonds is 6. The number of nitrogens with zero attached hydrogens (tertiary/aromatic N) is 2. The molecule has 1 aromatic heterocycles. The van der Waals surface area contributed by atoms with E-state index in [4.69, 9.17) is 5.73 Å². The molecule has 0 saturated heterocycles. The number of aromatic nitrogens is 2. The molecule has 6 heteroatoms. The van der Waals surface area contributed by atoms with Gasteiger partial charge in [0.05, 0.1) is 12.6 Å². The molecule has 6 nitrogen and oxygen atoms in total. The van der Waals surface area contributed by atoms with Gasteiger partial charge < -0.3 is 15.8 Å². The molecule has 0 radical (unpaired) electrons. The van der Waals surface area contributed by atoms with E-state index in [0.717, 1.165) is 12.8 Å². The quantitative estimate of drug-likeness (QED) is 0.758. The molecule has 0 aliphatic rings. The van der Waals surface area contributed by atoms with Gasteiger partial charge in [0.15, 0.2) is 0 Å². The van der Waals surface area contributed by atoms with Crippen molar-refractivity contribution in [1.29, 1.82) is 0 Å². The molecule has 0 aliphatic heterocycles. The van der Waals surface area contributed by atoms with Gasteiger partial charge in [-0.05, 0) is 19.8 Å². The first-order chi connectivity index (χ1) is 9.00. The SMILES string of the molecule is CCC(CC)(CN)Nc1cc(C)nc(C(=O)OC)n1. The number of nitrogens with one attached hydrogen (secondary N) is 1. The van der Waals surface area contributed by atoms with Crippen LogP contribution in [0.25, 0.3) is 0 Å². The van der Waals surface area contributed by atoms with Crippen LogP contribution in [0.1, 0.15) is 43.0 Å². The molecular formula is C13H22N4O2. The van der Waals surface area contributed by atoms with Crippen molar-refractivity contribution >= 4 is 11.8 Å². The summed E-state index contributed by atoms with van der Waals surface area (Å²) >= 11 is 0. The van der Waals surface area contributed by atoms with Gasteiger partial charge in [-0.25, -0.2) is 14.8 Å². The Kier molecular flexibility index (Phi) is 5.23. The zero-order valence-electron chi connectivity index (χ0n) is 12.0. The van der Waals surface area contributed by atoms with Gasteiger partial charge in [0, 0.05) is 18.3 Å². The van der Waals surface area contributed by atoms with E-state index in [1.165, 1.54) is 7.11 Å². The maximum Gasteiger partial charge on any atom is 0.376 e. The first-order valence-corrected chi connectivity index (χ1v) is 6.42. The standard InChI is InChI=1S/C13H22N4O2/c1-5-13(6-2,8-14)17-10-7-9(3)15-11(16-10)12(18)19-4/h7H,5-6,8,14H2,1-4H3,(H,15,16,17). The van der Waals surface area contributed by atoms with Crippen LogP contribution in [0.2, 0.25) is 0 Å². The smallest absolute Gasteiger partial charge is 0.376 e. The van der Waals surface area contributed by atoms with E-state index in [9.17, 15) is 4.79 Å². The summed E-state index contributed by atoms with van der Waals surface area (Å²) in [4.78, 5) is 19.7. The number of esters is 1. The molecule has 0 bridgehead atoms. The molecule has 1 rings (SSSR count). The van der Waals surface area contributed by atoms with Gasteiger partial charge in [0.1, 0.15) is 5.82 Å². The lowest BCUT2D eigenvalue weighted by Gasteiger charge is -2.32. The van der Waals surface area contributed by atoms with E-state index >= 15 is 0 Å². The molecule has 0 amide bonds. The zero-order chi connectivity index (χ0) is 14.5. The topological polar surface area (TPSA) is 90.1 Å². The monoisotopic (exact) mass is 266 g/mol. The van der Waals surface area contributed by atoms with Crippen LogP contribution in [0.5, 0.6) is 0 Å². The van der Waals surface area contributed by atoms with E-state index in [0.29, 0.717) is 18.1 Å². The van der Waals surface area contributed by atoms with Gasteiger partial charge in [-0.15, -0.1) is 0 Å². The van der Waals surface area contributed by atoms with Gasteiger partial charge in [-0.1, -0.05) is 13.8 Å². The van der Waals surface area contributed by atoms with Crippen LogP contribution in [0, 0.1) is 6.92 Å². The highest BCUT2D eigenvalue weighted by Crippen LogP contribution is 2.20. The highest BCUT2D eigenvalue weighted by Gasteiger charge is 2.25. The molecule has 1 aromatic rings. The van der Waals surface area contributed by atoms with E-state index in [1.54, 1.807) is 13.0 Å². The Labute approximate surface area is 113 Å². The van der Waals surface area contributed by atoms with Crippen molar-refractivity contribution in [3.8, 4) is 0 Å². The summed E-state index contributed by atoms with van der Waals surface area (Å²) in [6, 6.07) is 1.79. The number of carbonyl (C=O) groups excluding carboxylic acids is 1. The highest BCUT2D eigenvalue weighted by molar-refractivity contribution is 5.85. The third-order valence-corrected chi connectivity index (χ3v) is 3.36. The van der Waals surface area contributed by atoms with E-state index in [2.05, 4.69) is 33.9 Å². The Bertz CT molecular complexity index is 436. The van der Waals surface area contributed by atoms with Crippen LogP contribution in [-0.2, 0) is 4.74 Å². The van der Waals surface area contributed by atoms with E-state index in [1.807, 2.05) is 0 Å². The third-order valence-electron chi connectivity index (χ3n) is 3.36. The van der Waals surface area contributed by atoms with E-state index in [-0.39, 0.29) is 11.4 Å². The number of hydrogen-bond donors (Lipinski definition) is 2. The Morgan fingerprint density at radius 3 is 2.53 bits per heavy atom. The summed E-state index contributed by atoms with van der Waals surface area (Å²) in [7, 11) is 1.31. The number of anilines is 1. The molecule has 106 valence electrons. The van der Waals surface area contributed by atoms with Gasteiger partial charge in [-0.2, -0.15) is 0 Å². The van der Waals surface area contributed by atoms with Crippen LogP contribution >= 0.6 is 0 Å². The second kappa shape index (κ2) is 6.47. The second-order valence-electron chi connectivity index (χ2n) is 4.53.